The molecule has 0 spiro atoms. The summed E-state index contributed by atoms with van der Waals surface area (Å²) in [6.07, 6.45) is -1.88. The Bertz CT molecular complexity index is 1120. The molecule has 2 aromatic carbocycles. The van der Waals surface area contributed by atoms with Crippen molar-refractivity contribution in [2.45, 2.75) is 29.5 Å². The highest BCUT2D eigenvalue weighted by atomic mass is 32.2. The van der Waals surface area contributed by atoms with Gasteiger partial charge in [-0.15, -0.1) is 0 Å². The van der Waals surface area contributed by atoms with Gasteiger partial charge in [0.05, 0.1) is 10.9 Å². The van der Waals surface area contributed by atoms with Gasteiger partial charge in [0.15, 0.2) is 0 Å². The zero-order valence-electron chi connectivity index (χ0n) is 14.8. The predicted octanol–water partition coefficient (Wildman–Crippen LogP) is 3.31. The number of aryl methyl sites for hydroxylation is 1. The minimum atomic E-state index is -5.90. The normalized spacial score (nSPS) is 20.9. The van der Waals surface area contributed by atoms with E-state index in [0.717, 1.165) is 28.1 Å². The van der Waals surface area contributed by atoms with E-state index in [0.29, 0.717) is 0 Å². The molecule has 1 aliphatic heterocycles. The first kappa shape index (κ1) is 21.5. The number of benzene rings is 2. The molecular formula is C17H15F4NO5S2. The molecule has 3 rings (SSSR count). The van der Waals surface area contributed by atoms with Crippen LogP contribution in [0.15, 0.2) is 53.4 Å². The Kier molecular flexibility index (Phi) is 5.39. The lowest BCUT2D eigenvalue weighted by atomic mass is 10.1. The van der Waals surface area contributed by atoms with Crippen molar-refractivity contribution >= 4 is 20.1 Å². The third kappa shape index (κ3) is 4.38. The topological polar surface area (TPSA) is 80.5 Å². The van der Waals surface area contributed by atoms with E-state index in [-0.39, 0.29) is 17.0 Å². The van der Waals surface area contributed by atoms with E-state index in [1.165, 1.54) is 18.2 Å². The van der Waals surface area contributed by atoms with Crippen LogP contribution >= 0.6 is 0 Å². The monoisotopic (exact) mass is 453 g/mol. The van der Waals surface area contributed by atoms with Crippen molar-refractivity contribution in [3.8, 4) is 5.75 Å². The molecule has 1 heterocycles. The second-order valence-corrected chi connectivity index (χ2v) is 9.84. The molecule has 12 heteroatoms. The number of halogens is 4. The summed E-state index contributed by atoms with van der Waals surface area (Å²) in [5.41, 5.74) is -4.99. The van der Waals surface area contributed by atoms with Gasteiger partial charge in [0.2, 0.25) is 10.0 Å². The van der Waals surface area contributed by atoms with Crippen molar-refractivity contribution in [3.05, 3.63) is 59.7 Å². The SMILES string of the molecule is Cc1ccc(S(=O)(=O)N2C[C@H]2[C@@H](F)c2cccc(OS(=O)(=O)C(F)(F)F)c2)cc1. The molecule has 1 saturated heterocycles. The van der Waals surface area contributed by atoms with E-state index in [1.807, 2.05) is 0 Å². The van der Waals surface area contributed by atoms with E-state index in [1.54, 1.807) is 19.1 Å². The summed E-state index contributed by atoms with van der Waals surface area (Å²) in [5, 5.41) is 0. The van der Waals surface area contributed by atoms with E-state index in [4.69, 9.17) is 0 Å². The van der Waals surface area contributed by atoms with Gasteiger partial charge in [-0.05, 0) is 36.8 Å². The zero-order valence-corrected chi connectivity index (χ0v) is 16.4. The molecule has 1 fully saturated rings. The van der Waals surface area contributed by atoms with Gasteiger partial charge in [-0.3, -0.25) is 0 Å². The van der Waals surface area contributed by atoms with Crippen LogP contribution in [-0.4, -0.2) is 39.2 Å². The van der Waals surface area contributed by atoms with Crippen LogP contribution in [-0.2, 0) is 20.1 Å². The Morgan fingerprint density at radius 1 is 1.07 bits per heavy atom. The minimum absolute atomic E-state index is 0.00819. The first-order chi connectivity index (χ1) is 13.3. The molecule has 1 aliphatic rings. The number of rotatable bonds is 6. The standard InChI is InChI=1S/C17H15F4NO5S2/c1-11-5-7-14(8-6-11)28(23,24)22-10-15(22)16(18)12-3-2-4-13(9-12)27-29(25,26)17(19,20)21/h2-9,15-16H,10H2,1H3/t15-,16-,22?/m0/s1. The number of alkyl halides is 4. The summed E-state index contributed by atoms with van der Waals surface area (Å²) in [6, 6.07) is 8.96. The number of nitrogens with zero attached hydrogens (tertiary/aromatic N) is 1. The van der Waals surface area contributed by atoms with Crippen molar-refractivity contribution in [1.29, 1.82) is 0 Å². The first-order valence-corrected chi connectivity index (χ1v) is 11.0. The molecule has 0 saturated carbocycles. The largest absolute Gasteiger partial charge is 0.534 e. The van der Waals surface area contributed by atoms with E-state index in [9.17, 15) is 34.4 Å². The Morgan fingerprint density at radius 2 is 1.69 bits per heavy atom. The first-order valence-electron chi connectivity index (χ1n) is 8.16. The predicted molar refractivity (Wildman–Crippen MR) is 94.8 cm³/mol. The van der Waals surface area contributed by atoms with E-state index >= 15 is 0 Å². The summed E-state index contributed by atoms with van der Waals surface area (Å²) in [7, 11) is -9.83. The molecule has 2 aromatic rings. The Labute approximate surface area is 164 Å². The fourth-order valence-electron chi connectivity index (χ4n) is 2.63. The van der Waals surface area contributed by atoms with Gasteiger partial charge in [-0.2, -0.15) is 25.9 Å². The molecule has 6 nitrogen and oxygen atoms in total. The van der Waals surface area contributed by atoms with E-state index in [2.05, 4.69) is 4.18 Å². The molecule has 3 atom stereocenters. The second-order valence-electron chi connectivity index (χ2n) is 6.41. The van der Waals surface area contributed by atoms with Gasteiger partial charge < -0.3 is 4.18 Å². The molecule has 0 radical (unpaired) electrons. The molecule has 0 aliphatic carbocycles. The lowest BCUT2D eigenvalue weighted by Crippen LogP contribution is -2.28. The quantitative estimate of drug-likeness (QED) is 0.290. The molecule has 0 amide bonds. The van der Waals surface area contributed by atoms with Crippen LogP contribution in [0.2, 0.25) is 0 Å². The van der Waals surface area contributed by atoms with Crippen LogP contribution in [0.5, 0.6) is 5.75 Å². The highest BCUT2D eigenvalue weighted by Crippen LogP contribution is 2.40. The Morgan fingerprint density at radius 3 is 2.28 bits per heavy atom. The number of sulfonamides is 1. The van der Waals surface area contributed by atoms with Crippen LogP contribution in [0.3, 0.4) is 0 Å². The van der Waals surface area contributed by atoms with Crippen LogP contribution in [0.25, 0.3) is 0 Å². The Hall–Kier alpha value is -2.18. The summed E-state index contributed by atoms with van der Waals surface area (Å²) >= 11 is 0. The van der Waals surface area contributed by atoms with Crippen LogP contribution in [0.1, 0.15) is 17.3 Å². The fourth-order valence-corrected chi connectivity index (χ4v) is 4.65. The maximum atomic E-state index is 14.8. The van der Waals surface area contributed by atoms with Gasteiger partial charge in [-0.1, -0.05) is 29.8 Å². The average Bonchev–Trinajstić information content (AvgIpc) is 3.42. The molecule has 1 unspecified atom stereocenters. The van der Waals surface area contributed by atoms with Gasteiger partial charge in [0.25, 0.3) is 0 Å². The summed E-state index contributed by atoms with van der Waals surface area (Å²) < 4.78 is 104. The van der Waals surface area contributed by atoms with Gasteiger partial charge in [0.1, 0.15) is 11.9 Å². The maximum Gasteiger partial charge on any atom is 0.534 e. The van der Waals surface area contributed by atoms with Crippen LogP contribution in [0, 0.1) is 6.92 Å². The fraction of sp³-hybridized carbons (Fsp3) is 0.294. The molecule has 0 aromatic heterocycles. The van der Waals surface area contributed by atoms with E-state index < -0.39 is 43.6 Å². The minimum Gasteiger partial charge on any atom is -0.376 e. The van der Waals surface area contributed by atoms with Gasteiger partial charge in [0, 0.05) is 6.54 Å². The third-order valence-corrected chi connectivity index (χ3v) is 7.12. The van der Waals surface area contributed by atoms with Gasteiger partial charge in [-0.25, -0.2) is 12.8 Å². The van der Waals surface area contributed by atoms with Crippen LogP contribution < -0.4 is 4.18 Å². The smallest absolute Gasteiger partial charge is 0.376 e. The lowest BCUT2D eigenvalue weighted by Gasteiger charge is -2.13. The van der Waals surface area contributed by atoms with Crippen molar-refractivity contribution in [1.82, 2.24) is 4.31 Å². The van der Waals surface area contributed by atoms with Crippen molar-refractivity contribution in [2.75, 3.05) is 6.54 Å². The van der Waals surface area contributed by atoms with Crippen molar-refractivity contribution < 1.29 is 38.6 Å². The zero-order chi connectivity index (χ0) is 21.6. The summed E-state index contributed by atoms with van der Waals surface area (Å²) in [5.74, 6) is -0.726. The Balaban J connectivity index is 1.77. The highest BCUT2D eigenvalue weighted by Gasteiger charge is 2.50. The highest BCUT2D eigenvalue weighted by molar-refractivity contribution is 7.89. The molecule has 158 valence electrons. The maximum absolute atomic E-state index is 14.8. The lowest BCUT2D eigenvalue weighted by molar-refractivity contribution is -0.0500. The third-order valence-electron chi connectivity index (χ3n) is 4.23. The summed E-state index contributed by atoms with van der Waals surface area (Å²) in [4.78, 5) is -0.00819. The molecule has 0 bridgehead atoms. The second kappa shape index (κ2) is 7.26. The number of hydrogen-bond acceptors (Lipinski definition) is 5. The van der Waals surface area contributed by atoms with Crippen molar-refractivity contribution in [2.24, 2.45) is 0 Å². The van der Waals surface area contributed by atoms with Crippen molar-refractivity contribution in [3.63, 3.8) is 0 Å². The van der Waals surface area contributed by atoms with Crippen LogP contribution in [0.4, 0.5) is 17.6 Å². The number of hydrogen-bond donors (Lipinski definition) is 0. The molecule has 0 N–H and O–H groups in total. The van der Waals surface area contributed by atoms with Gasteiger partial charge >= 0.3 is 15.6 Å². The summed E-state index contributed by atoms with van der Waals surface area (Å²) in [6.45, 7) is 1.66. The molecule has 29 heavy (non-hydrogen) atoms. The average molecular weight is 453 g/mol. The molecular weight excluding hydrogens is 438 g/mol.